The first-order valence-corrected chi connectivity index (χ1v) is 13.0. The molecule has 3 rings (SSSR count). The number of carbonyl (C=O) groups is 1. The molecule has 8 heteroatoms. The SMILES string of the molecule is COCCCNC(=O)C(C)Sc1nc2sc3c(c2c(=O)n1CCC(C)C)CCC(C)C3. The highest BCUT2D eigenvalue weighted by Gasteiger charge is 2.26. The third-order valence-electron chi connectivity index (χ3n) is 5.79. The van der Waals surface area contributed by atoms with Crippen molar-refractivity contribution in [2.75, 3.05) is 20.3 Å². The third-order valence-corrected chi connectivity index (χ3v) is 8.02. The molecular weight excluding hydrogens is 430 g/mol. The van der Waals surface area contributed by atoms with Crippen molar-refractivity contribution < 1.29 is 9.53 Å². The summed E-state index contributed by atoms with van der Waals surface area (Å²) >= 11 is 3.05. The molecule has 31 heavy (non-hydrogen) atoms. The summed E-state index contributed by atoms with van der Waals surface area (Å²) in [5.41, 5.74) is 1.28. The van der Waals surface area contributed by atoms with E-state index in [-0.39, 0.29) is 16.7 Å². The molecule has 0 aromatic carbocycles. The number of rotatable bonds is 10. The van der Waals surface area contributed by atoms with E-state index in [9.17, 15) is 9.59 Å². The highest BCUT2D eigenvalue weighted by Crippen LogP contribution is 2.37. The van der Waals surface area contributed by atoms with Gasteiger partial charge >= 0.3 is 0 Å². The predicted octanol–water partition coefficient (Wildman–Crippen LogP) is 4.26. The van der Waals surface area contributed by atoms with Gasteiger partial charge in [0.2, 0.25) is 5.91 Å². The van der Waals surface area contributed by atoms with Gasteiger partial charge in [-0.3, -0.25) is 14.2 Å². The molecule has 0 spiro atoms. The molecule has 0 radical (unpaired) electrons. The summed E-state index contributed by atoms with van der Waals surface area (Å²) in [5, 5.41) is 4.10. The summed E-state index contributed by atoms with van der Waals surface area (Å²) in [6, 6.07) is 0. The number of hydrogen-bond donors (Lipinski definition) is 1. The zero-order chi connectivity index (χ0) is 22.5. The minimum absolute atomic E-state index is 0.0369. The van der Waals surface area contributed by atoms with Crippen LogP contribution in [0.4, 0.5) is 0 Å². The Hall–Kier alpha value is -1.38. The number of nitrogens with one attached hydrogen (secondary N) is 1. The van der Waals surface area contributed by atoms with Crippen LogP contribution < -0.4 is 10.9 Å². The van der Waals surface area contributed by atoms with Crippen molar-refractivity contribution >= 4 is 39.2 Å². The van der Waals surface area contributed by atoms with Crippen molar-refractivity contribution in [3.63, 3.8) is 0 Å². The van der Waals surface area contributed by atoms with E-state index in [0.717, 1.165) is 42.3 Å². The topological polar surface area (TPSA) is 73.2 Å². The number of methoxy groups -OCH3 is 1. The average Bonchev–Trinajstić information content (AvgIpc) is 3.07. The average molecular weight is 466 g/mol. The molecule has 1 N–H and O–H groups in total. The molecule has 0 aliphatic heterocycles. The molecule has 1 aliphatic rings. The number of aryl methyl sites for hydroxylation is 1. The number of hydrogen-bond acceptors (Lipinski definition) is 6. The van der Waals surface area contributed by atoms with Crippen LogP contribution in [-0.4, -0.2) is 41.0 Å². The number of thiophene rings is 1. The second-order valence-electron chi connectivity index (χ2n) is 8.96. The minimum atomic E-state index is -0.327. The molecule has 2 atom stereocenters. The lowest BCUT2D eigenvalue weighted by Crippen LogP contribution is -2.33. The second kappa shape index (κ2) is 11.0. The zero-order valence-corrected chi connectivity index (χ0v) is 21.0. The van der Waals surface area contributed by atoms with Crippen LogP contribution in [0.25, 0.3) is 10.2 Å². The summed E-state index contributed by atoms with van der Waals surface area (Å²) in [6.07, 6.45) is 4.81. The van der Waals surface area contributed by atoms with Gasteiger partial charge < -0.3 is 10.1 Å². The maximum atomic E-state index is 13.6. The smallest absolute Gasteiger partial charge is 0.263 e. The fourth-order valence-electron chi connectivity index (χ4n) is 3.86. The Labute approximate surface area is 193 Å². The molecule has 1 amide bonds. The van der Waals surface area contributed by atoms with Gasteiger partial charge in [-0.05, 0) is 56.4 Å². The van der Waals surface area contributed by atoms with Crippen LogP contribution in [0.2, 0.25) is 0 Å². The van der Waals surface area contributed by atoms with Crippen molar-refractivity contribution in [2.45, 2.75) is 76.8 Å². The molecule has 6 nitrogen and oxygen atoms in total. The van der Waals surface area contributed by atoms with E-state index in [1.165, 1.54) is 22.2 Å². The number of nitrogens with zero attached hydrogens (tertiary/aromatic N) is 2. The second-order valence-corrected chi connectivity index (χ2v) is 11.4. The Morgan fingerprint density at radius 2 is 2.16 bits per heavy atom. The first-order valence-electron chi connectivity index (χ1n) is 11.3. The molecule has 0 bridgehead atoms. The molecule has 2 aromatic heterocycles. The number of thioether (sulfide) groups is 1. The van der Waals surface area contributed by atoms with E-state index in [4.69, 9.17) is 9.72 Å². The number of fused-ring (bicyclic) bond motifs is 3. The van der Waals surface area contributed by atoms with Crippen molar-refractivity contribution in [3.05, 3.63) is 20.8 Å². The van der Waals surface area contributed by atoms with E-state index in [1.54, 1.807) is 18.4 Å². The summed E-state index contributed by atoms with van der Waals surface area (Å²) in [7, 11) is 1.65. The van der Waals surface area contributed by atoms with Gasteiger partial charge in [-0.25, -0.2) is 4.98 Å². The van der Waals surface area contributed by atoms with Crippen LogP contribution in [0.3, 0.4) is 0 Å². The van der Waals surface area contributed by atoms with Gasteiger partial charge in [-0.1, -0.05) is 32.5 Å². The normalized spacial score (nSPS) is 17.2. The fourth-order valence-corrected chi connectivity index (χ4v) is 6.25. The standard InChI is InChI=1S/C23H35N3O3S2/c1-14(2)9-11-26-22(28)19-17-8-7-15(3)13-18(17)31-21(19)25-23(26)30-16(4)20(27)24-10-6-12-29-5/h14-16H,6-13H2,1-5H3,(H,24,27). The first-order chi connectivity index (χ1) is 14.8. The van der Waals surface area contributed by atoms with Gasteiger partial charge in [0.05, 0.1) is 10.6 Å². The van der Waals surface area contributed by atoms with E-state index < -0.39 is 0 Å². The zero-order valence-electron chi connectivity index (χ0n) is 19.3. The first kappa shape index (κ1) is 24.3. The summed E-state index contributed by atoms with van der Waals surface area (Å²) in [6.45, 7) is 10.3. The Balaban J connectivity index is 1.90. The van der Waals surface area contributed by atoms with Crippen LogP contribution >= 0.6 is 23.1 Å². The highest BCUT2D eigenvalue weighted by atomic mass is 32.2. The third kappa shape index (κ3) is 5.90. The molecule has 2 unspecified atom stereocenters. The lowest BCUT2D eigenvalue weighted by Gasteiger charge is -2.18. The van der Waals surface area contributed by atoms with Crippen molar-refractivity contribution in [1.29, 1.82) is 0 Å². The number of ether oxygens (including phenoxy) is 1. The van der Waals surface area contributed by atoms with E-state index >= 15 is 0 Å². The maximum Gasteiger partial charge on any atom is 0.263 e. The Kier molecular flexibility index (Phi) is 8.58. The van der Waals surface area contributed by atoms with Crippen molar-refractivity contribution in [3.8, 4) is 0 Å². The van der Waals surface area contributed by atoms with Crippen LogP contribution in [-0.2, 0) is 28.9 Å². The monoisotopic (exact) mass is 465 g/mol. The minimum Gasteiger partial charge on any atom is -0.385 e. The lowest BCUT2D eigenvalue weighted by atomic mass is 9.89. The van der Waals surface area contributed by atoms with Gasteiger partial charge in [0.15, 0.2) is 5.16 Å². The molecular formula is C23H35N3O3S2. The fraction of sp³-hybridized carbons (Fsp3) is 0.696. The summed E-state index contributed by atoms with van der Waals surface area (Å²) < 4.78 is 6.85. The van der Waals surface area contributed by atoms with Crippen molar-refractivity contribution in [2.24, 2.45) is 11.8 Å². The largest absolute Gasteiger partial charge is 0.385 e. The Morgan fingerprint density at radius 1 is 1.39 bits per heavy atom. The summed E-state index contributed by atoms with van der Waals surface area (Å²) in [5.74, 6) is 1.10. The van der Waals surface area contributed by atoms with Crippen LogP contribution in [0, 0.1) is 11.8 Å². The van der Waals surface area contributed by atoms with Gasteiger partial charge in [-0.2, -0.15) is 0 Å². The van der Waals surface area contributed by atoms with E-state index in [2.05, 4.69) is 26.1 Å². The molecule has 0 fully saturated rings. The highest BCUT2D eigenvalue weighted by molar-refractivity contribution is 8.00. The number of amides is 1. The van der Waals surface area contributed by atoms with Gasteiger partial charge in [0.25, 0.3) is 5.56 Å². The summed E-state index contributed by atoms with van der Waals surface area (Å²) in [4.78, 5) is 33.2. The lowest BCUT2D eigenvalue weighted by molar-refractivity contribution is -0.120. The van der Waals surface area contributed by atoms with Crippen LogP contribution in [0.5, 0.6) is 0 Å². The molecule has 0 saturated heterocycles. The Morgan fingerprint density at radius 3 is 2.87 bits per heavy atom. The predicted molar refractivity (Wildman–Crippen MR) is 129 cm³/mol. The van der Waals surface area contributed by atoms with Gasteiger partial charge in [0.1, 0.15) is 4.83 Å². The maximum absolute atomic E-state index is 13.6. The van der Waals surface area contributed by atoms with Gasteiger partial charge in [-0.15, -0.1) is 11.3 Å². The van der Waals surface area contributed by atoms with E-state index in [1.807, 2.05) is 11.5 Å². The van der Waals surface area contributed by atoms with Crippen molar-refractivity contribution in [1.82, 2.24) is 14.9 Å². The Bertz CT molecular complexity index is 967. The van der Waals surface area contributed by atoms with E-state index in [0.29, 0.717) is 36.7 Å². The molecule has 2 aromatic rings. The van der Waals surface area contributed by atoms with Gasteiger partial charge in [0, 0.05) is 31.7 Å². The number of carbonyl (C=O) groups excluding carboxylic acids is 1. The molecule has 1 aliphatic carbocycles. The number of aromatic nitrogens is 2. The molecule has 172 valence electrons. The molecule has 0 saturated carbocycles. The van der Waals surface area contributed by atoms with Crippen LogP contribution in [0.1, 0.15) is 57.4 Å². The van der Waals surface area contributed by atoms with Crippen LogP contribution in [0.15, 0.2) is 9.95 Å². The molecule has 2 heterocycles. The quantitative estimate of drug-likeness (QED) is 0.322.